The van der Waals surface area contributed by atoms with Crippen molar-refractivity contribution in [1.82, 2.24) is 4.98 Å². The van der Waals surface area contributed by atoms with Crippen molar-refractivity contribution in [2.45, 2.75) is 68.9 Å². The maximum Gasteiger partial charge on any atom is 0.335 e. The third-order valence-electron chi connectivity index (χ3n) is 5.52. The number of ether oxygens (including phenoxy) is 1. The van der Waals surface area contributed by atoms with E-state index >= 15 is 0 Å². The van der Waals surface area contributed by atoms with Gasteiger partial charge in [0.1, 0.15) is 18.3 Å². The van der Waals surface area contributed by atoms with Crippen LogP contribution in [0.3, 0.4) is 0 Å². The van der Waals surface area contributed by atoms with Gasteiger partial charge < -0.3 is 40.6 Å². The Morgan fingerprint density at radius 3 is 2.42 bits per heavy atom. The summed E-state index contributed by atoms with van der Waals surface area (Å²) in [5.74, 6) is -1.52. The maximum absolute atomic E-state index is 10.4. The van der Waals surface area contributed by atoms with Crippen LogP contribution < -0.4 is 5.32 Å². The van der Waals surface area contributed by atoms with Crippen LogP contribution in [0.2, 0.25) is 5.02 Å². The van der Waals surface area contributed by atoms with E-state index in [1.54, 1.807) is 0 Å². The first-order valence-corrected chi connectivity index (χ1v) is 11.2. The van der Waals surface area contributed by atoms with Crippen LogP contribution in [0.4, 0.5) is 5.69 Å². The molecule has 0 spiro atoms. The third-order valence-corrected chi connectivity index (χ3v) is 6.72. The molecule has 2 aliphatic rings. The van der Waals surface area contributed by atoms with Crippen molar-refractivity contribution in [3.63, 3.8) is 0 Å². The summed E-state index contributed by atoms with van der Waals surface area (Å²) >= 11 is 9.59. The fourth-order valence-corrected chi connectivity index (χ4v) is 4.28. The number of hydrogen-bond acceptors (Lipinski definition) is 7. The normalized spacial score (nSPS) is 29.3. The summed E-state index contributed by atoms with van der Waals surface area (Å²) in [5.41, 5.74) is 2.27. The van der Waals surface area contributed by atoms with Crippen molar-refractivity contribution >= 4 is 50.1 Å². The molecule has 7 N–H and O–H groups in total. The second kappa shape index (κ2) is 10.5. The van der Waals surface area contributed by atoms with E-state index in [1.807, 2.05) is 12.3 Å². The molecule has 11 heteroatoms. The molecule has 1 aromatic heterocycles. The van der Waals surface area contributed by atoms with Gasteiger partial charge in [-0.05, 0) is 40.9 Å². The molecule has 1 saturated heterocycles. The lowest BCUT2D eigenvalue weighted by Gasteiger charge is -2.36. The highest BCUT2D eigenvalue weighted by Gasteiger charge is 2.46. The zero-order valence-corrected chi connectivity index (χ0v) is 18.9. The predicted molar refractivity (Wildman–Crippen MR) is 118 cm³/mol. The lowest BCUT2D eigenvalue weighted by molar-refractivity contribution is -0.279. The van der Waals surface area contributed by atoms with Crippen LogP contribution in [-0.2, 0) is 9.53 Å². The third kappa shape index (κ3) is 5.70. The first-order valence-electron chi connectivity index (χ1n) is 10.0. The summed E-state index contributed by atoms with van der Waals surface area (Å²) in [4.78, 5) is 13.7. The Morgan fingerprint density at radius 1 is 1.10 bits per heavy atom. The van der Waals surface area contributed by atoms with Crippen LogP contribution in [0.15, 0.2) is 22.8 Å². The molecule has 1 saturated carbocycles. The number of benzene rings is 1. The fourth-order valence-electron chi connectivity index (χ4n) is 3.77. The number of carboxylic acids is 1. The topological polar surface area (TPSA) is 155 Å². The average molecular weight is 522 g/mol. The summed E-state index contributed by atoms with van der Waals surface area (Å²) < 4.78 is 5.29. The predicted octanol–water partition coefficient (Wildman–Crippen LogP) is 2.20. The van der Waals surface area contributed by atoms with Crippen molar-refractivity contribution < 1.29 is 35.1 Å². The number of rotatable bonds is 3. The smallest absolute Gasteiger partial charge is 0.335 e. The highest BCUT2D eigenvalue weighted by atomic mass is 79.9. The van der Waals surface area contributed by atoms with E-state index in [0.717, 1.165) is 15.0 Å². The van der Waals surface area contributed by atoms with Gasteiger partial charge in [-0.1, -0.05) is 30.9 Å². The summed E-state index contributed by atoms with van der Waals surface area (Å²) in [7, 11) is 0. The minimum Gasteiger partial charge on any atom is -0.479 e. The van der Waals surface area contributed by atoms with E-state index in [9.17, 15) is 4.79 Å². The summed E-state index contributed by atoms with van der Waals surface area (Å²) in [6.45, 7) is 0. The first kappa shape index (κ1) is 24.2. The number of aliphatic carboxylic acids is 1. The van der Waals surface area contributed by atoms with Gasteiger partial charge in [-0.15, -0.1) is 0 Å². The Balaban J connectivity index is 0.000000187. The standard InChI is InChI=1S/C14H16BrClN2.C6H10O7/c15-11-6-10-13(7-12(11)16)17-8-14(10)18-9-4-2-1-3-5-9;7-1-2(8)4(5(10)11)13-6(12)3(1)9/h6-9,17-18H,1-5H2;1-4,6-9,12H,(H,10,11)/t;1-,2-,3+,4-,6+/m.0/s1. The van der Waals surface area contributed by atoms with Gasteiger partial charge in [0.05, 0.1) is 10.7 Å². The minimum atomic E-state index is -1.81. The van der Waals surface area contributed by atoms with Gasteiger partial charge in [-0.25, -0.2) is 4.79 Å². The lowest BCUT2D eigenvalue weighted by atomic mass is 9.95. The number of carbonyl (C=O) groups is 1. The van der Waals surface area contributed by atoms with Gasteiger partial charge >= 0.3 is 5.97 Å². The highest BCUT2D eigenvalue weighted by Crippen LogP contribution is 2.33. The van der Waals surface area contributed by atoms with E-state index in [0.29, 0.717) is 6.04 Å². The second-order valence-electron chi connectivity index (χ2n) is 7.75. The average Bonchev–Trinajstić information content (AvgIpc) is 3.12. The van der Waals surface area contributed by atoms with Crippen LogP contribution in [-0.4, -0.2) is 73.2 Å². The number of anilines is 1. The van der Waals surface area contributed by atoms with E-state index in [-0.39, 0.29) is 0 Å². The molecule has 0 amide bonds. The van der Waals surface area contributed by atoms with E-state index in [1.165, 1.54) is 43.2 Å². The summed E-state index contributed by atoms with van der Waals surface area (Å²) in [6.07, 6.45) is -0.0531. The number of aromatic nitrogens is 1. The Kier molecular flexibility index (Phi) is 8.19. The van der Waals surface area contributed by atoms with E-state index < -0.39 is 36.7 Å². The van der Waals surface area contributed by atoms with Crippen LogP contribution >= 0.6 is 27.5 Å². The van der Waals surface area contributed by atoms with Gasteiger partial charge in [0.15, 0.2) is 12.4 Å². The molecule has 1 aliphatic carbocycles. The Hall–Kier alpha value is -1.40. The van der Waals surface area contributed by atoms with Gasteiger partial charge in [-0.2, -0.15) is 0 Å². The molecule has 172 valence electrons. The molecule has 2 aromatic rings. The molecule has 4 rings (SSSR count). The number of aliphatic hydroxyl groups is 4. The summed E-state index contributed by atoms with van der Waals surface area (Å²) in [5, 5.41) is 50.0. The number of hydrogen-bond donors (Lipinski definition) is 7. The van der Waals surface area contributed by atoms with Crippen molar-refractivity contribution in [2.75, 3.05) is 5.32 Å². The molecule has 31 heavy (non-hydrogen) atoms. The quantitative estimate of drug-likeness (QED) is 0.324. The molecule has 5 atom stereocenters. The van der Waals surface area contributed by atoms with Gasteiger partial charge in [0.2, 0.25) is 0 Å². The SMILES string of the molecule is Clc1cc2[nH]cc(NC3CCCCC3)c2cc1Br.O=C(O)[C@H]1O[C@@H](O)[C@H](O)[C@@H](O)[C@@H]1O. The van der Waals surface area contributed by atoms with Gasteiger partial charge in [0, 0.05) is 27.6 Å². The zero-order valence-electron chi connectivity index (χ0n) is 16.5. The molecule has 0 unspecified atom stereocenters. The van der Waals surface area contributed by atoms with Crippen LogP contribution in [0.25, 0.3) is 10.9 Å². The summed E-state index contributed by atoms with van der Waals surface area (Å²) in [6, 6.07) is 4.67. The lowest BCUT2D eigenvalue weighted by Crippen LogP contribution is -2.59. The molecule has 0 bridgehead atoms. The van der Waals surface area contributed by atoms with Crippen LogP contribution in [0, 0.1) is 0 Å². The molecule has 9 nitrogen and oxygen atoms in total. The molecular formula is C20H26BrClN2O7. The van der Waals surface area contributed by atoms with Crippen molar-refractivity contribution in [3.8, 4) is 0 Å². The molecule has 2 fully saturated rings. The van der Waals surface area contributed by atoms with Crippen molar-refractivity contribution in [1.29, 1.82) is 0 Å². The number of aromatic amines is 1. The van der Waals surface area contributed by atoms with E-state index in [4.69, 9.17) is 37.1 Å². The Labute approximate surface area is 192 Å². The Morgan fingerprint density at radius 2 is 1.77 bits per heavy atom. The van der Waals surface area contributed by atoms with Crippen LogP contribution in [0.5, 0.6) is 0 Å². The second-order valence-corrected chi connectivity index (χ2v) is 9.01. The number of nitrogens with one attached hydrogen (secondary N) is 2. The van der Waals surface area contributed by atoms with Gasteiger partial charge in [0.25, 0.3) is 0 Å². The first-order chi connectivity index (χ1) is 14.7. The number of fused-ring (bicyclic) bond motifs is 1. The van der Waals surface area contributed by atoms with Gasteiger partial charge in [-0.3, -0.25) is 0 Å². The molecule has 2 heterocycles. The number of halogens is 2. The maximum atomic E-state index is 10.4. The molecule has 1 aromatic carbocycles. The highest BCUT2D eigenvalue weighted by molar-refractivity contribution is 9.10. The van der Waals surface area contributed by atoms with Crippen molar-refractivity contribution in [3.05, 3.63) is 27.8 Å². The Bertz CT molecular complexity index is 905. The number of aliphatic hydroxyl groups excluding tert-OH is 4. The zero-order chi connectivity index (χ0) is 22.7. The monoisotopic (exact) mass is 520 g/mol. The number of H-pyrrole nitrogens is 1. The van der Waals surface area contributed by atoms with E-state index in [2.05, 4.69) is 37.0 Å². The fraction of sp³-hybridized carbons (Fsp3) is 0.550. The minimum absolute atomic E-state index is 0.618. The largest absolute Gasteiger partial charge is 0.479 e. The van der Waals surface area contributed by atoms with Crippen molar-refractivity contribution in [2.24, 2.45) is 0 Å². The molecular weight excluding hydrogens is 496 g/mol. The van der Waals surface area contributed by atoms with Crippen LogP contribution in [0.1, 0.15) is 32.1 Å². The molecule has 0 radical (unpaired) electrons. The molecule has 1 aliphatic heterocycles. The number of carboxylic acid groups (broad SMARTS) is 1.